The summed E-state index contributed by atoms with van der Waals surface area (Å²) in [4.78, 5) is 15.3. The summed E-state index contributed by atoms with van der Waals surface area (Å²) in [5, 5.41) is 3.07. The Kier molecular flexibility index (Phi) is 5.16. The second kappa shape index (κ2) is 7.49. The van der Waals surface area contributed by atoms with Crippen molar-refractivity contribution in [3.63, 3.8) is 0 Å². The van der Waals surface area contributed by atoms with Crippen LogP contribution < -0.4 is 10.1 Å². The molecule has 24 heavy (non-hydrogen) atoms. The zero-order valence-corrected chi connectivity index (χ0v) is 14.3. The van der Waals surface area contributed by atoms with E-state index < -0.39 is 0 Å². The first-order chi connectivity index (χ1) is 11.7. The summed E-state index contributed by atoms with van der Waals surface area (Å²) in [6.45, 7) is 3.92. The van der Waals surface area contributed by atoms with Crippen LogP contribution in [0.3, 0.4) is 0 Å². The molecule has 1 saturated heterocycles. The molecule has 0 saturated carbocycles. The topological polar surface area (TPSA) is 41.6 Å². The van der Waals surface area contributed by atoms with Crippen molar-refractivity contribution in [2.75, 3.05) is 25.5 Å². The lowest BCUT2D eigenvalue weighted by Crippen LogP contribution is -2.35. The second-order valence-electron chi connectivity index (χ2n) is 6.25. The van der Waals surface area contributed by atoms with Gasteiger partial charge in [-0.2, -0.15) is 0 Å². The number of methoxy groups -OCH3 is 1. The standard InChI is InChI=1S/C20H24N2O2/c1-15-10-11-18(24-2)17(14-15)21-20(23)19(22-12-6-7-13-22)16-8-4-3-5-9-16/h3-5,8-11,14,19H,6-7,12-13H2,1-2H3,(H,21,23). The number of amides is 1. The van der Waals surface area contributed by atoms with Crippen molar-refractivity contribution in [1.82, 2.24) is 4.90 Å². The zero-order valence-electron chi connectivity index (χ0n) is 14.3. The van der Waals surface area contributed by atoms with E-state index in [0.29, 0.717) is 5.75 Å². The van der Waals surface area contributed by atoms with E-state index in [-0.39, 0.29) is 11.9 Å². The molecule has 4 heteroatoms. The van der Waals surface area contributed by atoms with Crippen molar-refractivity contribution in [2.24, 2.45) is 0 Å². The third kappa shape index (κ3) is 3.60. The highest BCUT2D eigenvalue weighted by Gasteiger charge is 2.30. The van der Waals surface area contributed by atoms with Crippen LogP contribution >= 0.6 is 0 Å². The molecule has 1 fully saturated rings. The Morgan fingerprint density at radius 2 is 1.83 bits per heavy atom. The van der Waals surface area contributed by atoms with E-state index in [1.165, 1.54) is 0 Å². The third-order valence-corrected chi connectivity index (χ3v) is 4.48. The van der Waals surface area contributed by atoms with Gasteiger partial charge in [-0.15, -0.1) is 0 Å². The van der Waals surface area contributed by atoms with E-state index in [2.05, 4.69) is 10.2 Å². The molecule has 0 radical (unpaired) electrons. The fourth-order valence-electron chi connectivity index (χ4n) is 3.28. The van der Waals surface area contributed by atoms with Crippen molar-refractivity contribution < 1.29 is 9.53 Å². The van der Waals surface area contributed by atoms with Crippen molar-refractivity contribution in [1.29, 1.82) is 0 Å². The molecular weight excluding hydrogens is 300 g/mol. The molecule has 1 N–H and O–H groups in total. The van der Waals surface area contributed by atoms with Gasteiger partial charge in [0, 0.05) is 0 Å². The molecule has 0 aromatic heterocycles. The molecule has 1 aliphatic heterocycles. The predicted octanol–water partition coefficient (Wildman–Crippen LogP) is 3.78. The monoisotopic (exact) mass is 324 g/mol. The molecule has 1 heterocycles. The van der Waals surface area contributed by atoms with Crippen molar-refractivity contribution in [3.05, 3.63) is 59.7 Å². The van der Waals surface area contributed by atoms with Crippen LogP contribution in [0, 0.1) is 6.92 Å². The minimum Gasteiger partial charge on any atom is -0.495 e. The summed E-state index contributed by atoms with van der Waals surface area (Å²) in [5.74, 6) is 0.675. The van der Waals surface area contributed by atoms with Crippen LogP contribution in [0.15, 0.2) is 48.5 Å². The van der Waals surface area contributed by atoms with E-state index in [4.69, 9.17) is 4.74 Å². The summed E-state index contributed by atoms with van der Waals surface area (Å²) in [5.41, 5.74) is 2.84. The van der Waals surface area contributed by atoms with Crippen LogP contribution in [0.2, 0.25) is 0 Å². The van der Waals surface area contributed by atoms with Gasteiger partial charge in [-0.05, 0) is 56.1 Å². The minimum absolute atomic E-state index is 0.00741. The van der Waals surface area contributed by atoms with Crippen molar-refractivity contribution in [3.8, 4) is 5.75 Å². The maximum absolute atomic E-state index is 13.1. The fraction of sp³-hybridized carbons (Fsp3) is 0.350. The molecule has 0 bridgehead atoms. The number of carbonyl (C=O) groups is 1. The number of nitrogens with one attached hydrogen (secondary N) is 1. The predicted molar refractivity (Wildman–Crippen MR) is 96.4 cm³/mol. The van der Waals surface area contributed by atoms with Gasteiger partial charge in [-0.1, -0.05) is 36.4 Å². The molecule has 2 aromatic rings. The second-order valence-corrected chi connectivity index (χ2v) is 6.25. The van der Waals surface area contributed by atoms with E-state index in [1.807, 2.05) is 55.5 Å². The number of likely N-dealkylation sites (tertiary alicyclic amines) is 1. The Labute approximate surface area is 143 Å². The lowest BCUT2D eigenvalue weighted by Gasteiger charge is -2.27. The summed E-state index contributed by atoms with van der Waals surface area (Å²) in [6, 6.07) is 15.5. The van der Waals surface area contributed by atoms with Crippen LogP contribution in [-0.4, -0.2) is 31.0 Å². The zero-order chi connectivity index (χ0) is 16.9. The van der Waals surface area contributed by atoms with E-state index in [9.17, 15) is 4.79 Å². The van der Waals surface area contributed by atoms with Gasteiger partial charge < -0.3 is 10.1 Å². The van der Waals surface area contributed by atoms with Crippen molar-refractivity contribution in [2.45, 2.75) is 25.8 Å². The summed E-state index contributed by atoms with van der Waals surface area (Å²) in [6.07, 6.45) is 2.29. The SMILES string of the molecule is COc1ccc(C)cc1NC(=O)C(c1ccccc1)N1CCCC1. The Balaban J connectivity index is 1.88. The Hall–Kier alpha value is -2.33. The number of aryl methyl sites for hydroxylation is 1. The molecule has 1 aliphatic rings. The molecule has 2 aromatic carbocycles. The number of carbonyl (C=O) groups excluding carboxylic acids is 1. The van der Waals surface area contributed by atoms with Gasteiger partial charge in [-0.3, -0.25) is 9.69 Å². The fourth-order valence-corrected chi connectivity index (χ4v) is 3.28. The van der Waals surface area contributed by atoms with Gasteiger partial charge in [0.15, 0.2) is 0 Å². The van der Waals surface area contributed by atoms with Gasteiger partial charge in [-0.25, -0.2) is 0 Å². The van der Waals surface area contributed by atoms with E-state index in [0.717, 1.165) is 42.7 Å². The molecule has 0 spiro atoms. The first kappa shape index (κ1) is 16.5. The summed E-state index contributed by atoms with van der Waals surface area (Å²) >= 11 is 0. The van der Waals surface area contributed by atoms with Crippen LogP contribution in [0.4, 0.5) is 5.69 Å². The van der Waals surface area contributed by atoms with Gasteiger partial charge >= 0.3 is 0 Å². The molecule has 3 rings (SSSR count). The quantitative estimate of drug-likeness (QED) is 0.910. The number of rotatable bonds is 5. The van der Waals surface area contributed by atoms with E-state index in [1.54, 1.807) is 7.11 Å². The highest BCUT2D eigenvalue weighted by Crippen LogP contribution is 2.30. The molecule has 0 aliphatic carbocycles. The molecular formula is C20H24N2O2. The number of ether oxygens (including phenoxy) is 1. The number of anilines is 1. The molecule has 1 unspecified atom stereocenters. The van der Waals surface area contributed by atoms with Crippen LogP contribution in [0.5, 0.6) is 5.75 Å². The minimum atomic E-state index is -0.265. The molecule has 126 valence electrons. The lowest BCUT2D eigenvalue weighted by atomic mass is 10.0. The highest BCUT2D eigenvalue weighted by atomic mass is 16.5. The number of hydrogen-bond acceptors (Lipinski definition) is 3. The third-order valence-electron chi connectivity index (χ3n) is 4.48. The molecule has 4 nitrogen and oxygen atoms in total. The smallest absolute Gasteiger partial charge is 0.246 e. The average molecular weight is 324 g/mol. The average Bonchev–Trinajstić information content (AvgIpc) is 3.10. The van der Waals surface area contributed by atoms with Gasteiger partial charge in [0.25, 0.3) is 0 Å². The summed E-state index contributed by atoms with van der Waals surface area (Å²) < 4.78 is 5.38. The normalized spacial score (nSPS) is 15.9. The highest BCUT2D eigenvalue weighted by molar-refractivity contribution is 5.96. The largest absolute Gasteiger partial charge is 0.495 e. The van der Waals surface area contributed by atoms with Gasteiger partial charge in [0.05, 0.1) is 12.8 Å². The number of nitrogens with zero attached hydrogens (tertiary/aromatic N) is 1. The van der Waals surface area contributed by atoms with Crippen molar-refractivity contribution >= 4 is 11.6 Å². The Morgan fingerprint density at radius 1 is 1.12 bits per heavy atom. The van der Waals surface area contributed by atoms with Gasteiger partial charge in [0.1, 0.15) is 11.8 Å². The first-order valence-electron chi connectivity index (χ1n) is 8.43. The van der Waals surface area contributed by atoms with Crippen LogP contribution in [0.25, 0.3) is 0 Å². The van der Waals surface area contributed by atoms with E-state index >= 15 is 0 Å². The number of hydrogen-bond donors (Lipinski definition) is 1. The maximum Gasteiger partial charge on any atom is 0.246 e. The molecule has 1 amide bonds. The Bertz CT molecular complexity index is 694. The Morgan fingerprint density at radius 3 is 2.50 bits per heavy atom. The summed E-state index contributed by atoms with van der Waals surface area (Å²) in [7, 11) is 1.62. The lowest BCUT2D eigenvalue weighted by molar-refractivity contribution is -0.121. The maximum atomic E-state index is 13.1. The molecule has 1 atom stereocenters. The van der Waals surface area contributed by atoms with Crippen LogP contribution in [-0.2, 0) is 4.79 Å². The first-order valence-corrected chi connectivity index (χ1v) is 8.43. The van der Waals surface area contributed by atoms with Gasteiger partial charge in [0.2, 0.25) is 5.91 Å². The number of benzene rings is 2. The van der Waals surface area contributed by atoms with Crippen LogP contribution in [0.1, 0.15) is 30.0 Å².